The van der Waals surface area contributed by atoms with Crippen molar-refractivity contribution >= 4 is 17.7 Å². The van der Waals surface area contributed by atoms with Crippen molar-refractivity contribution in [2.24, 2.45) is 0 Å². The summed E-state index contributed by atoms with van der Waals surface area (Å²) in [5, 5.41) is 0. The monoisotopic (exact) mass is 419 g/mol. The first kappa shape index (κ1) is 23.7. The fraction of sp³-hybridized carbons (Fsp3) is 0.609. The smallest absolute Gasteiger partial charge is 0.328 e. The van der Waals surface area contributed by atoms with Crippen molar-refractivity contribution in [1.29, 1.82) is 0 Å². The number of methoxy groups -OCH3 is 2. The van der Waals surface area contributed by atoms with Crippen LogP contribution in [0, 0.1) is 0 Å². The van der Waals surface area contributed by atoms with E-state index in [9.17, 15) is 14.4 Å². The molecule has 0 spiro atoms. The number of ether oxygens (including phenoxy) is 3. The molecule has 1 aliphatic heterocycles. The van der Waals surface area contributed by atoms with Crippen molar-refractivity contribution in [2.45, 2.75) is 64.3 Å². The Hall–Kier alpha value is -2.57. The highest BCUT2D eigenvalue weighted by Crippen LogP contribution is 2.28. The minimum absolute atomic E-state index is 0.00262. The quantitative estimate of drug-likeness (QED) is 0.382. The van der Waals surface area contributed by atoms with Gasteiger partial charge in [0.1, 0.15) is 11.8 Å². The van der Waals surface area contributed by atoms with Gasteiger partial charge in [0, 0.05) is 25.8 Å². The van der Waals surface area contributed by atoms with E-state index in [1.54, 1.807) is 26.0 Å². The predicted molar refractivity (Wildman–Crippen MR) is 113 cm³/mol. The number of benzene rings is 1. The Morgan fingerprint density at radius 1 is 1.03 bits per heavy atom. The van der Waals surface area contributed by atoms with Gasteiger partial charge in [0.05, 0.1) is 20.8 Å². The largest absolute Gasteiger partial charge is 0.493 e. The lowest BCUT2D eigenvalue weighted by atomic mass is 10.1. The lowest BCUT2D eigenvalue weighted by Crippen LogP contribution is -2.41. The third-order valence-electron chi connectivity index (χ3n) is 5.35. The van der Waals surface area contributed by atoms with Crippen LogP contribution in [0.25, 0.3) is 0 Å². The van der Waals surface area contributed by atoms with Gasteiger partial charge in [-0.3, -0.25) is 4.79 Å². The first-order valence-electron chi connectivity index (χ1n) is 10.6. The van der Waals surface area contributed by atoms with Crippen molar-refractivity contribution < 1.29 is 28.6 Å². The van der Waals surface area contributed by atoms with Crippen LogP contribution in [0.5, 0.6) is 11.5 Å². The zero-order valence-electron chi connectivity index (χ0n) is 18.3. The number of rotatable bonds is 12. The molecule has 1 aromatic rings. The molecule has 0 aliphatic carbocycles. The highest BCUT2D eigenvalue weighted by atomic mass is 16.5. The first-order valence-corrected chi connectivity index (χ1v) is 10.6. The van der Waals surface area contributed by atoms with Crippen LogP contribution in [0.15, 0.2) is 18.2 Å². The summed E-state index contributed by atoms with van der Waals surface area (Å²) in [6.07, 6.45) is 5.38. The van der Waals surface area contributed by atoms with Gasteiger partial charge in [0.2, 0.25) is 5.91 Å². The molecule has 0 radical (unpaired) electrons. The van der Waals surface area contributed by atoms with Gasteiger partial charge >= 0.3 is 5.97 Å². The molecule has 1 aromatic carbocycles. The molecule has 0 saturated carbocycles. The van der Waals surface area contributed by atoms with Crippen molar-refractivity contribution in [3.63, 3.8) is 0 Å². The summed E-state index contributed by atoms with van der Waals surface area (Å²) in [6, 6.07) is 5.11. The molecule has 0 N–H and O–H groups in total. The van der Waals surface area contributed by atoms with Crippen LogP contribution in [-0.2, 0) is 25.5 Å². The average Bonchev–Trinajstić information content (AvgIpc) is 3.23. The Labute approximate surface area is 178 Å². The van der Waals surface area contributed by atoms with Gasteiger partial charge in [-0.25, -0.2) is 4.79 Å². The van der Waals surface area contributed by atoms with Gasteiger partial charge in [-0.1, -0.05) is 12.5 Å². The highest BCUT2D eigenvalue weighted by molar-refractivity contribution is 5.85. The van der Waals surface area contributed by atoms with Crippen molar-refractivity contribution in [3.05, 3.63) is 23.8 Å². The molecule has 0 aromatic heterocycles. The maximum atomic E-state index is 12.5. The van der Waals surface area contributed by atoms with E-state index in [1.807, 2.05) is 18.2 Å². The number of carbonyl (C=O) groups excluding carboxylic acids is 3. The number of Topliss-reactive ketones (excluding diaryl/α,β-unsaturated/α-hetero) is 1. The molecular weight excluding hydrogens is 386 g/mol. The third-order valence-corrected chi connectivity index (χ3v) is 5.35. The van der Waals surface area contributed by atoms with E-state index >= 15 is 0 Å². The zero-order valence-corrected chi connectivity index (χ0v) is 18.3. The van der Waals surface area contributed by atoms with Crippen LogP contribution in [-0.4, -0.2) is 56.0 Å². The SMILES string of the molecule is COc1ccc(CCOC(=O)[C@@H]2CCCN2C(=O)CCCCCC(C)=O)cc1OC. The number of esters is 1. The minimum atomic E-state index is -0.486. The summed E-state index contributed by atoms with van der Waals surface area (Å²) in [6.45, 7) is 2.43. The number of hydrogen-bond donors (Lipinski definition) is 0. The van der Waals surface area contributed by atoms with Crippen LogP contribution < -0.4 is 9.47 Å². The molecule has 0 unspecified atom stereocenters. The van der Waals surface area contributed by atoms with Crippen molar-refractivity contribution in [3.8, 4) is 11.5 Å². The Morgan fingerprint density at radius 2 is 1.77 bits per heavy atom. The Kier molecular flexibility index (Phi) is 9.64. The Balaban J connectivity index is 1.77. The first-order chi connectivity index (χ1) is 14.5. The summed E-state index contributed by atoms with van der Waals surface area (Å²) in [5.74, 6) is 1.13. The van der Waals surface area contributed by atoms with E-state index in [1.165, 1.54) is 0 Å². The molecule has 0 bridgehead atoms. The number of carbonyl (C=O) groups is 3. The topological polar surface area (TPSA) is 82.1 Å². The van der Waals surface area contributed by atoms with Crippen LogP contribution in [0.4, 0.5) is 0 Å². The van der Waals surface area contributed by atoms with Gasteiger partial charge in [-0.05, 0) is 50.3 Å². The number of nitrogens with zero attached hydrogens (tertiary/aromatic N) is 1. The lowest BCUT2D eigenvalue weighted by Gasteiger charge is -2.23. The number of ketones is 1. The number of amides is 1. The number of unbranched alkanes of at least 4 members (excludes halogenated alkanes) is 2. The van der Waals surface area contributed by atoms with Gasteiger partial charge in [0.25, 0.3) is 0 Å². The summed E-state index contributed by atoms with van der Waals surface area (Å²) < 4.78 is 16.0. The van der Waals surface area contributed by atoms with E-state index < -0.39 is 6.04 Å². The normalized spacial score (nSPS) is 15.7. The average molecular weight is 420 g/mol. The molecule has 1 saturated heterocycles. The fourth-order valence-electron chi connectivity index (χ4n) is 3.68. The third kappa shape index (κ3) is 7.04. The van der Waals surface area contributed by atoms with E-state index in [4.69, 9.17) is 14.2 Å². The van der Waals surface area contributed by atoms with Crippen LogP contribution in [0.2, 0.25) is 0 Å². The molecule has 30 heavy (non-hydrogen) atoms. The molecule has 7 heteroatoms. The van der Waals surface area contributed by atoms with Gasteiger partial charge in [-0.2, -0.15) is 0 Å². The van der Waals surface area contributed by atoms with Gasteiger partial charge in [-0.15, -0.1) is 0 Å². The highest BCUT2D eigenvalue weighted by Gasteiger charge is 2.34. The van der Waals surface area contributed by atoms with Crippen LogP contribution in [0.3, 0.4) is 0 Å². The molecule has 1 heterocycles. The Bertz CT molecular complexity index is 732. The predicted octanol–water partition coefficient (Wildman–Crippen LogP) is 3.32. The van der Waals surface area contributed by atoms with Gasteiger partial charge in [0.15, 0.2) is 11.5 Å². The zero-order chi connectivity index (χ0) is 21.9. The summed E-state index contributed by atoms with van der Waals surface area (Å²) in [5.41, 5.74) is 0.977. The lowest BCUT2D eigenvalue weighted by molar-refractivity contribution is -0.153. The maximum absolute atomic E-state index is 12.5. The second kappa shape index (κ2) is 12.2. The molecule has 2 rings (SSSR count). The maximum Gasteiger partial charge on any atom is 0.328 e. The molecule has 1 atom stereocenters. The van der Waals surface area contributed by atoms with E-state index in [0.717, 1.165) is 31.2 Å². The molecule has 1 fully saturated rings. The van der Waals surface area contributed by atoms with Crippen LogP contribution >= 0.6 is 0 Å². The van der Waals surface area contributed by atoms with Crippen LogP contribution in [0.1, 0.15) is 57.4 Å². The molecule has 1 amide bonds. The molecule has 7 nitrogen and oxygen atoms in total. The molecule has 1 aliphatic rings. The molecule has 166 valence electrons. The summed E-state index contributed by atoms with van der Waals surface area (Å²) >= 11 is 0. The summed E-state index contributed by atoms with van der Waals surface area (Å²) in [7, 11) is 3.16. The van der Waals surface area contributed by atoms with Crippen molar-refractivity contribution in [1.82, 2.24) is 4.90 Å². The second-order valence-corrected chi connectivity index (χ2v) is 7.61. The van der Waals surface area contributed by atoms with E-state index in [-0.39, 0.29) is 24.3 Å². The van der Waals surface area contributed by atoms with E-state index in [2.05, 4.69) is 0 Å². The Morgan fingerprint density at radius 3 is 2.47 bits per heavy atom. The number of hydrogen-bond acceptors (Lipinski definition) is 6. The fourth-order valence-corrected chi connectivity index (χ4v) is 3.68. The van der Waals surface area contributed by atoms with E-state index in [0.29, 0.717) is 43.7 Å². The number of likely N-dealkylation sites (tertiary alicyclic amines) is 1. The molecular formula is C23H33NO6. The van der Waals surface area contributed by atoms with Crippen molar-refractivity contribution in [2.75, 3.05) is 27.4 Å². The van der Waals surface area contributed by atoms with Gasteiger partial charge < -0.3 is 23.9 Å². The minimum Gasteiger partial charge on any atom is -0.493 e. The summed E-state index contributed by atoms with van der Waals surface area (Å²) in [4.78, 5) is 37.7. The standard InChI is InChI=1S/C23H33NO6/c1-17(25)8-5-4-6-10-22(26)24-14-7-9-19(24)23(27)30-15-13-18-11-12-20(28-2)21(16-18)29-3/h11-12,16,19H,4-10,13-15H2,1-3H3/t19-/m0/s1. The second-order valence-electron chi connectivity index (χ2n) is 7.61.